The number of nitrogens with one attached hydrogen (secondary N) is 2. The molecule has 1 rings (SSSR count). The third-order valence-corrected chi connectivity index (χ3v) is 2.46. The molecule has 2 N–H and O–H groups in total. The van der Waals surface area contributed by atoms with Gasteiger partial charge in [-0.3, -0.25) is 9.59 Å². The number of rotatable bonds is 6. The molecule has 0 fully saturated rings. The second-order valence-electron chi connectivity index (χ2n) is 3.27. The molecule has 0 unspecified atom stereocenters. The number of ketones is 2. The van der Waals surface area contributed by atoms with Crippen molar-refractivity contribution in [3.8, 4) is 0 Å². The molecule has 0 spiro atoms. The zero-order valence-electron chi connectivity index (χ0n) is 9.16. The van der Waals surface area contributed by atoms with E-state index in [-0.39, 0.29) is 24.8 Å². The van der Waals surface area contributed by atoms with Crippen molar-refractivity contribution in [3.05, 3.63) is 23.0 Å². The molecule has 100 valence electrons. The Hall–Kier alpha value is -1.14. The van der Waals surface area contributed by atoms with Crippen molar-refractivity contribution < 1.29 is 18.4 Å². The molecule has 0 bridgehead atoms. The van der Waals surface area contributed by atoms with Crippen LogP contribution in [0.4, 0.5) is 8.78 Å². The Kier molecular flexibility index (Phi) is 5.55. The van der Waals surface area contributed by atoms with E-state index in [1.54, 1.807) is 0 Å². The molecule has 1 aliphatic rings. The number of carbonyl (C=O) groups is 2. The topological polar surface area (TPSA) is 58.2 Å². The molecule has 0 aliphatic heterocycles. The summed E-state index contributed by atoms with van der Waals surface area (Å²) in [5.41, 5.74) is -1.40. The summed E-state index contributed by atoms with van der Waals surface area (Å²) in [4.78, 5) is 23.0. The SMILES string of the molecule is O=C1C(F)=C(NCCCl)C(=O)C(F)=C1NCCCl. The van der Waals surface area contributed by atoms with Crippen LogP contribution in [0.25, 0.3) is 0 Å². The van der Waals surface area contributed by atoms with Gasteiger partial charge in [-0.15, -0.1) is 23.2 Å². The van der Waals surface area contributed by atoms with Crippen LogP contribution in [-0.4, -0.2) is 36.4 Å². The molecule has 18 heavy (non-hydrogen) atoms. The largest absolute Gasteiger partial charge is 0.378 e. The normalized spacial score (nSPS) is 16.4. The first-order chi connectivity index (χ1) is 8.54. The fraction of sp³-hybridized carbons (Fsp3) is 0.400. The number of alkyl halides is 2. The zero-order valence-corrected chi connectivity index (χ0v) is 10.7. The van der Waals surface area contributed by atoms with Crippen LogP contribution >= 0.6 is 23.2 Å². The van der Waals surface area contributed by atoms with Gasteiger partial charge in [-0.1, -0.05) is 0 Å². The van der Waals surface area contributed by atoms with Crippen LogP contribution in [0.5, 0.6) is 0 Å². The molecule has 0 saturated heterocycles. The molecular weight excluding hydrogens is 289 g/mol. The highest BCUT2D eigenvalue weighted by atomic mass is 35.5. The summed E-state index contributed by atoms with van der Waals surface area (Å²) < 4.78 is 27.2. The van der Waals surface area contributed by atoms with E-state index in [1.807, 2.05) is 0 Å². The van der Waals surface area contributed by atoms with Crippen LogP contribution in [-0.2, 0) is 9.59 Å². The van der Waals surface area contributed by atoms with Crippen molar-refractivity contribution in [2.75, 3.05) is 24.8 Å². The van der Waals surface area contributed by atoms with Crippen molar-refractivity contribution in [3.63, 3.8) is 0 Å². The minimum Gasteiger partial charge on any atom is -0.378 e. The number of halogens is 4. The van der Waals surface area contributed by atoms with E-state index in [0.29, 0.717) is 0 Å². The third-order valence-electron chi connectivity index (χ3n) is 2.08. The lowest BCUT2D eigenvalue weighted by Gasteiger charge is -2.17. The van der Waals surface area contributed by atoms with Crippen molar-refractivity contribution in [1.29, 1.82) is 0 Å². The van der Waals surface area contributed by atoms with Crippen LogP contribution in [0.2, 0.25) is 0 Å². The van der Waals surface area contributed by atoms with Gasteiger partial charge in [0.2, 0.25) is 11.6 Å². The first-order valence-electron chi connectivity index (χ1n) is 5.03. The Morgan fingerprint density at radius 3 is 1.44 bits per heavy atom. The van der Waals surface area contributed by atoms with Crippen LogP contribution < -0.4 is 10.6 Å². The summed E-state index contributed by atoms with van der Waals surface area (Å²) in [5.74, 6) is -4.92. The van der Waals surface area contributed by atoms with Crippen molar-refractivity contribution in [2.24, 2.45) is 0 Å². The van der Waals surface area contributed by atoms with Gasteiger partial charge in [0.15, 0.2) is 11.7 Å². The van der Waals surface area contributed by atoms with E-state index in [4.69, 9.17) is 23.2 Å². The van der Waals surface area contributed by atoms with Crippen molar-refractivity contribution >= 4 is 34.8 Å². The molecule has 0 radical (unpaired) electrons. The molecule has 0 aromatic rings. The minimum atomic E-state index is -1.33. The lowest BCUT2D eigenvalue weighted by Crippen LogP contribution is -2.35. The lowest BCUT2D eigenvalue weighted by atomic mass is 10.0. The van der Waals surface area contributed by atoms with Crippen LogP contribution in [0, 0.1) is 0 Å². The van der Waals surface area contributed by atoms with Gasteiger partial charge in [0.1, 0.15) is 11.4 Å². The van der Waals surface area contributed by atoms with Gasteiger partial charge in [0, 0.05) is 24.8 Å². The summed E-state index contributed by atoms with van der Waals surface area (Å²) in [7, 11) is 0. The maximum Gasteiger partial charge on any atom is 0.242 e. The average Bonchev–Trinajstić information content (AvgIpc) is 2.37. The maximum atomic E-state index is 13.6. The van der Waals surface area contributed by atoms with Crippen LogP contribution in [0.3, 0.4) is 0 Å². The highest BCUT2D eigenvalue weighted by Crippen LogP contribution is 2.23. The smallest absolute Gasteiger partial charge is 0.242 e. The van der Waals surface area contributed by atoms with Gasteiger partial charge in [-0.05, 0) is 0 Å². The quantitative estimate of drug-likeness (QED) is 0.571. The summed E-state index contributed by atoms with van der Waals surface area (Å²) >= 11 is 10.7. The Morgan fingerprint density at radius 2 is 1.17 bits per heavy atom. The summed E-state index contributed by atoms with van der Waals surface area (Å²) in [6.45, 7) is 0.0854. The minimum absolute atomic E-state index is 0.0427. The predicted molar refractivity (Wildman–Crippen MR) is 63.7 cm³/mol. The maximum absolute atomic E-state index is 13.6. The van der Waals surface area contributed by atoms with Gasteiger partial charge in [-0.2, -0.15) is 0 Å². The number of allylic oxidation sites excluding steroid dienone is 2. The van der Waals surface area contributed by atoms with Crippen LogP contribution in [0.15, 0.2) is 23.0 Å². The molecular formula is C10H10Cl2F2N2O2. The molecule has 1 aliphatic carbocycles. The first-order valence-corrected chi connectivity index (χ1v) is 6.10. The zero-order chi connectivity index (χ0) is 13.7. The van der Waals surface area contributed by atoms with Gasteiger partial charge in [0.05, 0.1) is 0 Å². The fourth-order valence-corrected chi connectivity index (χ4v) is 1.50. The molecule has 0 amide bonds. The average molecular weight is 299 g/mol. The monoisotopic (exact) mass is 298 g/mol. The van der Waals surface area contributed by atoms with E-state index in [2.05, 4.69) is 10.6 Å². The second kappa shape index (κ2) is 6.70. The molecule has 0 aromatic carbocycles. The molecule has 4 nitrogen and oxygen atoms in total. The number of carbonyl (C=O) groups excluding carboxylic acids is 2. The second-order valence-corrected chi connectivity index (χ2v) is 4.02. The van der Waals surface area contributed by atoms with E-state index in [9.17, 15) is 18.4 Å². The number of Topliss-reactive ketones (excluding diaryl/α,β-unsaturated/α-hetero) is 2. The summed E-state index contributed by atoms with van der Waals surface area (Å²) in [5, 5.41) is 4.57. The Morgan fingerprint density at radius 1 is 0.833 bits per heavy atom. The van der Waals surface area contributed by atoms with Crippen LogP contribution in [0.1, 0.15) is 0 Å². The van der Waals surface area contributed by atoms with Gasteiger partial charge in [0.25, 0.3) is 0 Å². The molecule has 0 atom stereocenters. The van der Waals surface area contributed by atoms with Crippen molar-refractivity contribution in [2.45, 2.75) is 0 Å². The highest BCUT2D eigenvalue weighted by molar-refractivity contribution is 6.23. The van der Waals surface area contributed by atoms with Crippen molar-refractivity contribution in [1.82, 2.24) is 10.6 Å². The Balaban J connectivity index is 2.99. The van der Waals surface area contributed by atoms with Gasteiger partial charge >= 0.3 is 0 Å². The van der Waals surface area contributed by atoms with E-state index >= 15 is 0 Å². The Labute approximate surface area is 112 Å². The lowest BCUT2D eigenvalue weighted by molar-refractivity contribution is -0.119. The summed E-state index contributed by atoms with van der Waals surface area (Å²) in [6, 6.07) is 0. The fourth-order valence-electron chi connectivity index (χ4n) is 1.31. The third kappa shape index (κ3) is 3.00. The van der Waals surface area contributed by atoms with E-state index < -0.39 is 34.6 Å². The first kappa shape index (κ1) is 14.9. The molecule has 0 aromatic heterocycles. The molecule has 0 heterocycles. The standard InChI is InChI=1S/C10H10Cl2F2N2O2/c11-1-3-15-7-5(13)10(18)8(16-4-2-12)6(14)9(7)17/h15-16H,1-4H2. The summed E-state index contributed by atoms with van der Waals surface area (Å²) in [6.07, 6.45) is 0. The number of hydrogen-bond donors (Lipinski definition) is 2. The highest BCUT2D eigenvalue weighted by Gasteiger charge is 2.35. The number of hydrogen-bond acceptors (Lipinski definition) is 4. The predicted octanol–water partition coefficient (Wildman–Crippen LogP) is 1.16. The molecule has 0 saturated carbocycles. The van der Waals surface area contributed by atoms with Gasteiger partial charge in [-0.25, -0.2) is 8.78 Å². The van der Waals surface area contributed by atoms with E-state index in [1.165, 1.54) is 0 Å². The molecule has 8 heteroatoms. The van der Waals surface area contributed by atoms with E-state index in [0.717, 1.165) is 0 Å². The van der Waals surface area contributed by atoms with Gasteiger partial charge < -0.3 is 10.6 Å². The Bertz CT molecular complexity index is 396.